The summed E-state index contributed by atoms with van der Waals surface area (Å²) < 4.78 is 31.9. The molecule has 3 aromatic carbocycles. The van der Waals surface area contributed by atoms with E-state index >= 15 is 0 Å². The first kappa shape index (κ1) is 31.7. The van der Waals surface area contributed by atoms with Gasteiger partial charge in [-0.15, -0.1) is 0 Å². The van der Waals surface area contributed by atoms with Crippen LogP contribution in [0.3, 0.4) is 0 Å². The Hall–Kier alpha value is -3.87. The molecule has 2 amide bonds. The van der Waals surface area contributed by atoms with Gasteiger partial charge in [0.15, 0.2) is 0 Å². The van der Waals surface area contributed by atoms with E-state index in [4.69, 9.17) is 27.9 Å². The highest BCUT2D eigenvalue weighted by Crippen LogP contribution is 2.34. The third kappa shape index (κ3) is 8.09. The fraction of sp³-hybridized carbons (Fsp3) is 0.259. The molecule has 0 heterocycles. The molecule has 0 fully saturated rings. The third-order valence-electron chi connectivity index (χ3n) is 6.19. The number of methoxy groups -OCH3 is 1. The number of anilines is 1. The number of halogens is 2. The van der Waals surface area contributed by atoms with Crippen LogP contribution in [0.1, 0.15) is 11.1 Å². The normalized spacial score (nSPS) is 11.8. The Morgan fingerprint density at radius 3 is 2.32 bits per heavy atom. The lowest BCUT2D eigenvalue weighted by atomic mass is 10.0. The van der Waals surface area contributed by atoms with Crippen molar-refractivity contribution in [3.63, 3.8) is 0 Å². The Kier molecular flexibility index (Phi) is 10.5. The summed E-state index contributed by atoms with van der Waals surface area (Å²) in [6.07, 6.45) is 0.968. The van der Waals surface area contributed by atoms with E-state index in [9.17, 15) is 28.1 Å². The lowest BCUT2D eigenvalue weighted by molar-refractivity contribution is -0.384. The molecule has 0 radical (unpaired) electrons. The van der Waals surface area contributed by atoms with Gasteiger partial charge in [-0.2, -0.15) is 0 Å². The van der Waals surface area contributed by atoms with Gasteiger partial charge in [-0.1, -0.05) is 59.6 Å². The number of ether oxygens (including phenoxy) is 1. The minimum atomic E-state index is -4.18. The van der Waals surface area contributed by atoms with E-state index in [1.807, 2.05) is 6.07 Å². The zero-order valence-corrected chi connectivity index (χ0v) is 24.7. The number of carbonyl (C=O) groups is 2. The van der Waals surface area contributed by atoms with Crippen LogP contribution in [0.25, 0.3) is 0 Å². The molecule has 218 valence electrons. The molecule has 0 aliphatic carbocycles. The Balaban J connectivity index is 2.12. The molecule has 1 atom stereocenters. The van der Waals surface area contributed by atoms with Crippen LogP contribution >= 0.6 is 23.2 Å². The number of hydrogen-bond acceptors (Lipinski definition) is 7. The summed E-state index contributed by atoms with van der Waals surface area (Å²) in [5.41, 5.74) is 0.604. The van der Waals surface area contributed by atoms with E-state index in [1.54, 1.807) is 36.4 Å². The molecule has 11 nitrogen and oxygen atoms in total. The largest absolute Gasteiger partial charge is 0.495 e. The number of benzene rings is 3. The lowest BCUT2D eigenvalue weighted by Gasteiger charge is -2.33. The smallest absolute Gasteiger partial charge is 0.271 e. The summed E-state index contributed by atoms with van der Waals surface area (Å²) in [7, 11) is -1.49. The van der Waals surface area contributed by atoms with Crippen molar-refractivity contribution in [1.29, 1.82) is 0 Å². The number of rotatable bonds is 12. The van der Waals surface area contributed by atoms with E-state index in [1.165, 1.54) is 31.2 Å². The molecule has 0 aliphatic heterocycles. The molecule has 0 aromatic heterocycles. The molecule has 0 saturated heterocycles. The number of nitrogens with zero attached hydrogens (tertiary/aromatic N) is 3. The monoisotopic (exact) mass is 622 g/mol. The summed E-state index contributed by atoms with van der Waals surface area (Å²) >= 11 is 12.5. The number of non-ortho nitro benzene ring substituents is 1. The number of carbonyl (C=O) groups excluding carboxylic acids is 2. The fourth-order valence-electron chi connectivity index (χ4n) is 4.14. The summed E-state index contributed by atoms with van der Waals surface area (Å²) in [5.74, 6) is -1.26. The van der Waals surface area contributed by atoms with Crippen LogP contribution in [0.5, 0.6) is 5.75 Å². The minimum absolute atomic E-state index is 0.00624. The standard InChI is InChI=1S/C27H28Cl2N4O7S/c1-30-27(35)24(13-18-7-5-4-6-8-18)31(16-19-9-10-20(28)14-22(19)29)26(34)17-32(41(3,38)39)23-15-21(33(36)37)11-12-25(23)40-2/h4-12,14-15,24H,13,16-17H2,1-3H3,(H,30,35)/t24-/m0/s1. The molecular weight excluding hydrogens is 595 g/mol. The first-order valence-electron chi connectivity index (χ1n) is 12.1. The number of hydrogen-bond donors (Lipinski definition) is 1. The lowest BCUT2D eigenvalue weighted by Crippen LogP contribution is -2.53. The van der Waals surface area contributed by atoms with E-state index in [-0.39, 0.29) is 29.4 Å². The van der Waals surface area contributed by atoms with Gasteiger partial charge in [0.25, 0.3) is 5.69 Å². The van der Waals surface area contributed by atoms with Crippen LogP contribution in [-0.2, 0) is 32.6 Å². The maximum absolute atomic E-state index is 14.0. The van der Waals surface area contributed by atoms with Gasteiger partial charge in [0, 0.05) is 42.2 Å². The van der Waals surface area contributed by atoms with E-state index in [0.717, 1.165) is 24.0 Å². The van der Waals surface area contributed by atoms with Crippen molar-refractivity contribution in [1.82, 2.24) is 10.2 Å². The Labute approximate surface area is 247 Å². The second-order valence-electron chi connectivity index (χ2n) is 8.96. The zero-order valence-electron chi connectivity index (χ0n) is 22.4. The molecule has 3 rings (SSSR count). The van der Waals surface area contributed by atoms with E-state index < -0.39 is 45.0 Å². The maximum Gasteiger partial charge on any atom is 0.271 e. The van der Waals surface area contributed by atoms with Crippen LogP contribution in [0.4, 0.5) is 11.4 Å². The maximum atomic E-state index is 14.0. The molecule has 0 saturated carbocycles. The van der Waals surface area contributed by atoms with Crippen LogP contribution in [0, 0.1) is 10.1 Å². The fourth-order valence-corrected chi connectivity index (χ4v) is 5.45. The number of sulfonamides is 1. The highest BCUT2D eigenvalue weighted by molar-refractivity contribution is 7.92. The second kappa shape index (κ2) is 13.7. The van der Waals surface area contributed by atoms with Gasteiger partial charge in [-0.3, -0.25) is 24.0 Å². The number of nitro groups is 1. The van der Waals surface area contributed by atoms with E-state index in [0.29, 0.717) is 14.9 Å². The summed E-state index contributed by atoms with van der Waals surface area (Å²) in [6, 6.07) is 16.0. The highest BCUT2D eigenvalue weighted by Gasteiger charge is 2.34. The van der Waals surface area contributed by atoms with Crippen molar-refractivity contribution in [2.75, 3.05) is 31.3 Å². The topological polar surface area (TPSA) is 139 Å². The molecule has 3 aromatic rings. The van der Waals surface area contributed by atoms with Crippen LogP contribution in [0.2, 0.25) is 10.0 Å². The number of nitrogens with one attached hydrogen (secondary N) is 1. The average molecular weight is 624 g/mol. The van der Waals surface area contributed by atoms with Crippen LogP contribution < -0.4 is 14.4 Å². The molecule has 0 bridgehead atoms. The molecule has 41 heavy (non-hydrogen) atoms. The van der Waals surface area contributed by atoms with Crippen molar-refractivity contribution in [2.45, 2.75) is 19.0 Å². The first-order chi connectivity index (χ1) is 19.3. The second-order valence-corrected chi connectivity index (χ2v) is 11.7. The predicted molar refractivity (Wildman–Crippen MR) is 157 cm³/mol. The summed E-state index contributed by atoms with van der Waals surface area (Å²) in [5, 5.41) is 14.6. The molecule has 0 unspecified atom stereocenters. The highest BCUT2D eigenvalue weighted by atomic mass is 35.5. The quantitative estimate of drug-likeness (QED) is 0.237. The Morgan fingerprint density at radius 1 is 1.07 bits per heavy atom. The zero-order chi connectivity index (χ0) is 30.3. The average Bonchev–Trinajstić information content (AvgIpc) is 2.93. The SMILES string of the molecule is CNC(=O)[C@H](Cc1ccccc1)N(Cc1ccc(Cl)cc1Cl)C(=O)CN(c1cc([N+](=O)[O-])ccc1OC)S(C)(=O)=O. The van der Waals surface area contributed by atoms with Gasteiger partial charge in [-0.05, 0) is 29.3 Å². The Bertz CT molecular complexity index is 1540. The van der Waals surface area contributed by atoms with Crippen LogP contribution in [-0.4, -0.2) is 63.1 Å². The van der Waals surface area contributed by atoms with Gasteiger partial charge in [0.05, 0.1) is 18.3 Å². The number of nitro benzene ring substituents is 1. The molecule has 1 N–H and O–H groups in total. The van der Waals surface area contributed by atoms with Gasteiger partial charge in [-0.25, -0.2) is 8.42 Å². The van der Waals surface area contributed by atoms with Crippen LogP contribution in [0.15, 0.2) is 66.7 Å². The van der Waals surface area contributed by atoms with Crippen molar-refractivity contribution in [2.24, 2.45) is 0 Å². The van der Waals surface area contributed by atoms with Crippen molar-refractivity contribution in [3.05, 3.63) is 98.0 Å². The third-order valence-corrected chi connectivity index (χ3v) is 7.91. The van der Waals surface area contributed by atoms with Gasteiger partial charge in [0.1, 0.15) is 24.0 Å². The number of amides is 2. The molecule has 14 heteroatoms. The van der Waals surface area contributed by atoms with Crippen molar-refractivity contribution in [3.8, 4) is 5.75 Å². The minimum Gasteiger partial charge on any atom is -0.495 e. The van der Waals surface area contributed by atoms with Gasteiger partial charge < -0.3 is 15.0 Å². The molecule has 0 spiro atoms. The summed E-state index contributed by atoms with van der Waals surface area (Å²) in [6.45, 7) is -0.951. The van der Waals surface area contributed by atoms with Crippen molar-refractivity contribution >= 4 is 56.4 Å². The Morgan fingerprint density at radius 2 is 1.76 bits per heavy atom. The summed E-state index contributed by atoms with van der Waals surface area (Å²) in [4.78, 5) is 39.2. The number of likely N-dealkylation sites (N-methyl/N-ethyl adjacent to an activating group) is 1. The van der Waals surface area contributed by atoms with Gasteiger partial charge in [0.2, 0.25) is 21.8 Å². The first-order valence-corrected chi connectivity index (χ1v) is 14.7. The molecule has 0 aliphatic rings. The predicted octanol–water partition coefficient (Wildman–Crippen LogP) is 4.06. The molecular formula is C27H28Cl2N4O7S. The van der Waals surface area contributed by atoms with E-state index in [2.05, 4.69) is 5.32 Å². The van der Waals surface area contributed by atoms with Crippen molar-refractivity contribution < 1.29 is 27.7 Å². The van der Waals surface area contributed by atoms with Gasteiger partial charge >= 0.3 is 0 Å².